The molecule has 0 fully saturated rings. The van der Waals surface area contributed by atoms with Crippen LogP contribution >= 0.6 is 0 Å². The van der Waals surface area contributed by atoms with Crippen LogP contribution in [-0.2, 0) is 0 Å². The quantitative estimate of drug-likeness (QED) is 0.695. The maximum absolute atomic E-state index is 5.49. The number of anilines is 1. The Bertz CT molecular complexity index is 313. The van der Waals surface area contributed by atoms with Crippen molar-refractivity contribution in [2.24, 2.45) is 0 Å². The van der Waals surface area contributed by atoms with Crippen LogP contribution in [0.4, 0.5) is 5.69 Å². The van der Waals surface area contributed by atoms with Gasteiger partial charge >= 0.3 is 0 Å². The van der Waals surface area contributed by atoms with Crippen LogP contribution in [0.25, 0.3) is 0 Å². The van der Waals surface area contributed by atoms with E-state index in [1.54, 1.807) is 0 Å². The van der Waals surface area contributed by atoms with E-state index >= 15 is 0 Å². The van der Waals surface area contributed by atoms with Crippen LogP contribution in [0.2, 0.25) is 0 Å². The molecule has 3 heteroatoms. The van der Waals surface area contributed by atoms with Crippen LogP contribution in [0.1, 0.15) is 19.4 Å². The lowest BCUT2D eigenvalue weighted by atomic mass is 10.2. The van der Waals surface area contributed by atoms with Crippen LogP contribution < -0.4 is 15.4 Å². The Balaban J connectivity index is 2.46. The van der Waals surface area contributed by atoms with E-state index in [9.17, 15) is 0 Å². The van der Waals surface area contributed by atoms with Gasteiger partial charge in [-0.15, -0.1) is 0 Å². The summed E-state index contributed by atoms with van der Waals surface area (Å²) in [6.45, 7) is 9.85. The smallest absolute Gasteiger partial charge is 0.122 e. The summed E-state index contributed by atoms with van der Waals surface area (Å²) in [5.41, 5.74) is 2.33. The van der Waals surface area contributed by atoms with Gasteiger partial charge in [-0.25, -0.2) is 0 Å². The van der Waals surface area contributed by atoms with Crippen LogP contribution in [0, 0.1) is 6.92 Å². The number of ether oxygens (including phenoxy) is 1. The molecule has 0 unspecified atom stereocenters. The summed E-state index contributed by atoms with van der Waals surface area (Å²) in [7, 11) is 0. The zero-order valence-electron chi connectivity index (χ0n) is 10.5. The maximum atomic E-state index is 5.49. The summed E-state index contributed by atoms with van der Waals surface area (Å²) in [5.74, 6) is 0.972. The second kappa shape index (κ2) is 7.12. The summed E-state index contributed by atoms with van der Waals surface area (Å²) in [4.78, 5) is 0. The van der Waals surface area contributed by atoms with Crippen LogP contribution in [-0.4, -0.2) is 26.2 Å². The zero-order chi connectivity index (χ0) is 11.8. The van der Waals surface area contributed by atoms with Gasteiger partial charge in [-0.2, -0.15) is 0 Å². The minimum absolute atomic E-state index is 0.716. The molecule has 0 aliphatic rings. The average molecular weight is 222 g/mol. The molecule has 3 nitrogen and oxygen atoms in total. The van der Waals surface area contributed by atoms with E-state index in [0.29, 0.717) is 6.61 Å². The highest BCUT2D eigenvalue weighted by Crippen LogP contribution is 2.21. The van der Waals surface area contributed by atoms with Gasteiger partial charge in [0.2, 0.25) is 0 Å². The molecule has 0 aliphatic carbocycles. The molecule has 0 amide bonds. The minimum atomic E-state index is 0.716. The van der Waals surface area contributed by atoms with E-state index in [0.717, 1.165) is 31.1 Å². The average Bonchev–Trinajstić information content (AvgIpc) is 2.28. The van der Waals surface area contributed by atoms with E-state index in [4.69, 9.17) is 4.74 Å². The fourth-order valence-corrected chi connectivity index (χ4v) is 1.55. The number of nitrogens with one attached hydrogen (secondary N) is 2. The van der Waals surface area contributed by atoms with Gasteiger partial charge in [-0.1, -0.05) is 6.92 Å². The predicted molar refractivity (Wildman–Crippen MR) is 69.4 cm³/mol. The highest BCUT2D eigenvalue weighted by Gasteiger charge is 1.99. The minimum Gasteiger partial charge on any atom is -0.494 e. The van der Waals surface area contributed by atoms with Gasteiger partial charge in [0.05, 0.1) is 6.61 Å². The monoisotopic (exact) mass is 222 g/mol. The molecular weight excluding hydrogens is 200 g/mol. The molecule has 0 aromatic heterocycles. The molecule has 0 saturated carbocycles. The number of aryl methyl sites for hydroxylation is 1. The first-order chi connectivity index (χ1) is 7.77. The largest absolute Gasteiger partial charge is 0.494 e. The number of rotatable bonds is 7. The summed E-state index contributed by atoms with van der Waals surface area (Å²) < 4.78 is 5.49. The summed E-state index contributed by atoms with van der Waals surface area (Å²) in [6.07, 6.45) is 0. The van der Waals surface area contributed by atoms with Crippen molar-refractivity contribution in [1.82, 2.24) is 5.32 Å². The van der Waals surface area contributed by atoms with Crippen molar-refractivity contribution < 1.29 is 4.74 Å². The summed E-state index contributed by atoms with van der Waals surface area (Å²) in [6, 6.07) is 6.20. The molecule has 16 heavy (non-hydrogen) atoms. The standard InChI is InChI=1S/C13H22N2O/c1-4-14-8-9-15-12-6-7-13(16-5-2)11(3)10-12/h6-7,10,14-15H,4-5,8-9H2,1-3H3. The third kappa shape index (κ3) is 4.11. The third-order valence-corrected chi connectivity index (χ3v) is 2.36. The molecule has 1 aromatic rings. The molecule has 0 radical (unpaired) electrons. The van der Waals surface area contributed by atoms with Gasteiger partial charge in [0.15, 0.2) is 0 Å². The molecule has 2 N–H and O–H groups in total. The van der Waals surface area contributed by atoms with Gasteiger partial charge in [0.1, 0.15) is 5.75 Å². The van der Waals surface area contributed by atoms with Gasteiger partial charge in [-0.3, -0.25) is 0 Å². The SMILES string of the molecule is CCNCCNc1ccc(OCC)c(C)c1. The predicted octanol–water partition coefficient (Wildman–Crippen LogP) is 2.42. The maximum Gasteiger partial charge on any atom is 0.122 e. The number of hydrogen-bond acceptors (Lipinski definition) is 3. The highest BCUT2D eigenvalue weighted by atomic mass is 16.5. The lowest BCUT2D eigenvalue weighted by Gasteiger charge is -2.11. The fourth-order valence-electron chi connectivity index (χ4n) is 1.55. The van der Waals surface area contributed by atoms with Crippen molar-refractivity contribution in [1.29, 1.82) is 0 Å². The van der Waals surface area contributed by atoms with E-state index in [1.165, 1.54) is 5.56 Å². The molecule has 1 aromatic carbocycles. The Morgan fingerprint density at radius 2 is 2.00 bits per heavy atom. The van der Waals surface area contributed by atoms with E-state index in [1.807, 2.05) is 13.0 Å². The Kier molecular flexibility index (Phi) is 5.72. The lowest BCUT2D eigenvalue weighted by molar-refractivity contribution is 0.338. The third-order valence-electron chi connectivity index (χ3n) is 2.36. The lowest BCUT2D eigenvalue weighted by Crippen LogP contribution is -2.21. The van der Waals surface area contributed by atoms with E-state index < -0.39 is 0 Å². The van der Waals surface area contributed by atoms with E-state index in [-0.39, 0.29) is 0 Å². The molecule has 0 saturated heterocycles. The molecule has 1 rings (SSSR count). The van der Waals surface area contributed by atoms with Crippen molar-refractivity contribution in [3.63, 3.8) is 0 Å². The normalized spacial score (nSPS) is 10.2. The number of hydrogen-bond donors (Lipinski definition) is 2. The number of likely N-dealkylation sites (N-methyl/N-ethyl adjacent to an activating group) is 1. The van der Waals surface area contributed by atoms with Crippen LogP contribution in [0.15, 0.2) is 18.2 Å². The molecule has 0 bridgehead atoms. The van der Waals surface area contributed by atoms with Crippen molar-refractivity contribution in [3.8, 4) is 5.75 Å². The first kappa shape index (κ1) is 12.8. The Labute approximate surface area is 98.2 Å². The number of benzene rings is 1. The fraction of sp³-hybridized carbons (Fsp3) is 0.538. The van der Waals surface area contributed by atoms with Crippen molar-refractivity contribution in [3.05, 3.63) is 23.8 Å². The van der Waals surface area contributed by atoms with Gasteiger partial charge in [0, 0.05) is 18.8 Å². The molecule has 0 aliphatic heterocycles. The molecule has 0 atom stereocenters. The van der Waals surface area contributed by atoms with Gasteiger partial charge < -0.3 is 15.4 Å². The molecular formula is C13H22N2O. The Morgan fingerprint density at radius 3 is 2.62 bits per heavy atom. The van der Waals surface area contributed by atoms with Gasteiger partial charge in [-0.05, 0) is 44.2 Å². The van der Waals surface area contributed by atoms with Gasteiger partial charge in [0.25, 0.3) is 0 Å². The van der Waals surface area contributed by atoms with Crippen LogP contribution in [0.5, 0.6) is 5.75 Å². The topological polar surface area (TPSA) is 33.3 Å². The van der Waals surface area contributed by atoms with Crippen molar-refractivity contribution in [2.45, 2.75) is 20.8 Å². The van der Waals surface area contributed by atoms with E-state index in [2.05, 4.69) is 36.6 Å². The molecule has 90 valence electrons. The van der Waals surface area contributed by atoms with Crippen molar-refractivity contribution in [2.75, 3.05) is 31.6 Å². The highest BCUT2D eigenvalue weighted by molar-refractivity contribution is 5.50. The molecule has 0 heterocycles. The second-order valence-corrected chi connectivity index (χ2v) is 3.69. The van der Waals surface area contributed by atoms with Crippen molar-refractivity contribution >= 4 is 5.69 Å². The summed E-state index contributed by atoms with van der Waals surface area (Å²) in [5, 5.41) is 6.65. The summed E-state index contributed by atoms with van der Waals surface area (Å²) >= 11 is 0. The molecule has 0 spiro atoms. The van der Waals surface area contributed by atoms with Crippen LogP contribution in [0.3, 0.4) is 0 Å². The second-order valence-electron chi connectivity index (χ2n) is 3.69. The Morgan fingerprint density at radius 1 is 1.19 bits per heavy atom. The Hall–Kier alpha value is -1.22. The zero-order valence-corrected chi connectivity index (χ0v) is 10.5. The first-order valence-corrected chi connectivity index (χ1v) is 5.96. The first-order valence-electron chi connectivity index (χ1n) is 5.96.